The Labute approximate surface area is 264 Å². The first-order chi connectivity index (χ1) is 21.9. The molecular weight excluding hydrogens is 622 g/mol. The molecule has 4 aromatic rings. The van der Waals surface area contributed by atoms with Gasteiger partial charge in [-0.05, 0) is 31.2 Å². The van der Waals surface area contributed by atoms with Gasteiger partial charge in [0.1, 0.15) is 29.5 Å². The predicted octanol–water partition coefficient (Wildman–Crippen LogP) is 7.20. The zero-order valence-electron chi connectivity index (χ0n) is 25.8. The molecule has 12 nitrogen and oxygen atoms in total. The van der Waals surface area contributed by atoms with Crippen LogP contribution in [0.2, 0.25) is 25.7 Å². The number of carbonyl (C=O) groups is 1. The summed E-state index contributed by atoms with van der Waals surface area (Å²) in [7, 11) is -1.31. The summed E-state index contributed by atoms with van der Waals surface area (Å²) in [5.74, 6) is -2.72. The van der Waals surface area contributed by atoms with Crippen LogP contribution >= 0.6 is 0 Å². The smallest absolute Gasteiger partial charge is 0.417 e. The molecule has 1 saturated heterocycles. The van der Waals surface area contributed by atoms with Gasteiger partial charge >= 0.3 is 6.09 Å². The largest absolute Gasteiger partial charge is 0.450 e. The number of nitrogens with zero attached hydrogens (tertiary/aromatic N) is 3. The molecule has 0 radical (unpaired) electrons. The summed E-state index contributed by atoms with van der Waals surface area (Å²) in [6.07, 6.45) is 2.28. The highest BCUT2D eigenvalue weighted by atomic mass is 28.3. The van der Waals surface area contributed by atoms with Gasteiger partial charge in [0, 0.05) is 63.5 Å². The van der Waals surface area contributed by atoms with Crippen LogP contribution in [0.15, 0.2) is 54.9 Å². The van der Waals surface area contributed by atoms with Gasteiger partial charge in [0.2, 0.25) is 0 Å². The third-order valence-electron chi connectivity index (χ3n) is 7.24. The number of halogens is 2. The molecule has 0 saturated carbocycles. The van der Waals surface area contributed by atoms with E-state index in [1.807, 2.05) is 17.7 Å². The fourth-order valence-corrected chi connectivity index (χ4v) is 5.62. The summed E-state index contributed by atoms with van der Waals surface area (Å²) in [6, 6.07) is 9.00. The number of aromatic nitrogens is 2. The molecular formula is C31H34F2N4O8Si. The second-order valence-corrected chi connectivity index (χ2v) is 17.5. The first-order valence-corrected chi connectivity index (χ1v) is 18.3. The van der Waals surface area contributed by atoms with Crippen molar-refractivity contribution in [2.45, 2.75) is 44.9 Å². The highest BCUT2D eigenvalue weighted by Crippen LogP contribution is 2.43. The number of hydrogen-bond donors (Lipinski definition) is 1. The molecule has 244 valence electrons. The maximum absolute atomic E-state index is 15.3. The number of hydrogen-bond acceptors (Lipinski definition) is 9. The fraction of sp³-hybridized carbons (Fsp3) is 0.355. The molecule has 1 aliphatic rings. The predicted molar refractivity (Wildman–Crippen MR) is 167 cm³/mol. The summed E-state index contributed by atoms with van der Waals surface area (Å²) in [5, 5.41) is 13.6. The average molecular weight is 657 g/mol. The fourth-order valence-electron chi connectivity index (χ4n) is 4.86. The molecule has 0 bridgehead atoms. The molecule has 2 aromatic carbocycles. The van der Waals surface area contributed by atoms with Crippen LogP contribution in [0.1, 0.15) is 12.5 Å². The van der Waals surface area contributed by atoms with E-state index >= 15 is 8.78 Å². The summed E-state index contributed by atoms with van der Waals surface area (Å²) >= 11 is 0. The van der Waals surface area contributed by atoms with Crippen LogP contribution in [-0.2, 0) is 26.5 Å². The molecule has 0 spiro atoms. The molecule has 3 heterocycles. The maximum Gasteiger partial charge on any atom is 0.417 e. The molecule has 1 N–H and O–H groups in total. The van der Waals surface area contributed by atoms with Crippen molar-refractivity contribution in [2.75, 3.05) is 31.7 Å². The van der Waals surface area contributed by atoms with Gasteiger partial charge in [-0.15, -0.1) is 0 Å². The zero-order valence-corrected chi connectivity index (χ0v) is 26.8. The lowest BCUT2D eigenvalue weighted by Crippen LogP contribution is -2.49. The first-order valence-electron chi connectivity index (χ1n) is 14.6. The average Bonchev–Trinajstić information content (AvgIpc) is 3.34. The molecule has 2 aromatic heterocycles. The monoisotopic (exact) mass is 656 g/mol. The van der Waals surface area contributed by atoms with Crippen molar-refractivity contribution in [3.8, 4) is 17.2 Å². The van der Waals surface area contributed by atoms with E-state index in [1.54, 1.807) is 0 Å². The van der Waals surface area contributed by atoms with Gasteiger partial charge in [0.05, 0.1) is 29.2 Å². The van der Waals surface area contributed by atoms with Crippen LogP contribution in [0.5, 0.6) is 17.2 Å². The summed E-state index contributed by atoms with van der Waals surface area (Å²) < 4.78 is 61.0. The first kappa shape index (κ1) is 32.9. The van der Waals surface area contributed by atoms with Gasteiger partial charge < -0.3 is 28.3 Å². The second kappa shape index (κ2) is 13.5. The number of benzene rings is 2. The van der Waals surface area contributed by atoms with Crippen molar-refractivity contribution in [3.05, 3.63) is 82.2 Å². The Hall–Kier alpha value is -4.44. The number of anilines is 1. The Morgan fingerprint density at radius 2 is 1.85 bits per heavy atom. The summed E-state index contributed by atoms with van der Waals surface area (Å²) in [4.78, 5) is 27.1. The minimum absolute atomic E-state index is 0.00316. The van der Waals surface area contributed by atoms with Crippen molar-refractivity contribution >= 4 is 36.6 Å². The SMILES string of the molecule is CCOC1(c2cn(COCC[Si](C)(C)C)c3nccc(Oc4c(F)cc(NC(=O)Oc5ccc([N+](=O)[O-])cc5)cc4F)c23)COC1. The van der Waals surface area contributed by atoms with Crippen molar-refractivity contribution in [3.63, 3.8) is 0 Å². The number of nitro groups is 1. The Morgan fingerprint density at radius 3 is 2.43 bits per heavy atom. The molecule has 5 rings (SSSR count). The van der Waals surface area contributed by atoms with Crippen molar-refractivity contribution in [1.82, 2.24) is 9.55 Å². The topological polar surface area (TPSA) is 136 Å². The summed E-state index contributed by atoms with van der Waals surface area (Å²) in [5.41, 5.74) is -0.0480. The normalized spacial score (nSPS) is 14.1. The quantitative estimate of drug-likeness (QED) is 0.0686. The molecule has 46 heavy (non-hydrogen) atoms. The highest BCUT2D eigenvalue weighted by molar-refractivity contribution is 6.76. The van der Waals surface area contributed by atoms with Crippen LogP contribution in [0, 0.1) is 21.7 Å². The van der Waals surface area contributed by atoms with E-state index in [4.69, 9.17) is 23.7 Å². The maximum atomic E-state index is 15.3. The number of fused-ring (bicyclic) bond motifs is 1. The third kappa shape index (κ3) is 7.33. The minimum Gasteiger partial charge on any atom is -0.450 e. The van der Waals surface area contributed by atoms with E-state index in [-0.39, 0.29) is 42.8 Å². The van der Waals surface area contributed by atoms with E-state index in [0.29, 0.717) is 29.8 Å². The molecule has 1 aliphatic heterocycles. The standard InChI is InChI=1S/C31H34F2N4O8Si/c1-5-43-31(17-42-18-31)23-16-36(19-41-12-13-46(2,3)4)29-27(23)26(10-11-34-29)45-28-24(32)14-20(15-25(28)33)35-30(38)44-22-8-6-21(7-9-22)37(39)40/h6-11,14-16H,5,12-13,17-19H2,1-4H3,(H,35,38). The second-order valence-electron chi connectivity index (χ2n) is 11.9. The molecule has 15 heteroatoms. The molecule has 1 amide bonds. The lowest BCUT2D eigenvalue weighted by atomic mass is 9.91. The van der Waals surface area contributed by atoms with Gasteiger partial charge in [-0.2, -0.15) is 0 Å². The number of pyridine rings is 1. The van der Waals surface area contributed by atoms with Crippen LogP contribution in [0.4, 0.5) is 25.0 Å². The Bertz CT molecular complexity index is 1720. The van der Waals surface area contributed by atoms with E-state index in [2.05, 4.69) is 29.9 Å². The minimum atomic E-state index is -1.31. The zero-order chi connectivity index (χ0) is 33.1. The lowest BCUT2D eigenvalue weighted by molar-refractivity contribution is -0.384. The molecule has 0 unspecified atom stereocenters. The van der Waals surface area contributed by atoms with Crippen molar-refractivity contribution in [1.29, 1.82) is 0 Å². The molecule has 0 atom stereocenters. The van der Waals surface area contributed by atoms with Crippen LogP contribution in [-0.4, -0.2) is 55.1 Å². The number of carbonyl (C=O) groups excluding carboxylic acids is 1. The number of rotatable bonds is 13. The van der Waals surface area contributed by atoms with Gasteiger partial charge in [0.15, 0.2) is 17.4 Å². The van der Waals surface area contributed by atoms with Crippen LogP contribution in [0.3, 0.4) is 0 Å². The van der Waals surface area contributed by atoms with Gasteiger partial charge in [-0.3, -0.25) is 15.4 Å². The Balaban J connectivity index is 1.40. The van der Waals surface area contributed by atoms with Gasteiger partial charge in [0.25, 0.3) is 5.69 Å². The highest BCUT2D eigenvalue weighted by Gasteiger charge is 2.44. The third-order valence-corrected chi connectivity index (χ3v) is 8.95. The van der Waals surface area contributed by atoms with E-state index in [0.717, 1.165) is 30.3 Å². The lowest BCUT2D eigenvalue weighted by Gasteiger charge is -2.41. The van der Waals surface area contributed by atoms with Gasteiger partial charge in [-0.1, -0.05) is 19.6 Å². The Morgan fingerprint density at radius 1 is 1.15 bits per heavy atom. The molecule has 1 fully saturated rings. The van der Waals surface area contributed by atoms with E-state index in [9.17, 15) is 14.9 Å². The van der Waals surface area contributed by atoms with E-state index < -0.39 is 42.1 Å². The number of amides is 1. The van der Waals surface area contributed by atoms with Crippen LogP contribution in [0.25, 0.3) is 11.0 Å². The van der Waals surface area contributed by atoms with Gasteiger partial charge in [-0.25, -0.2) is 18.6 Å². The number of nitro benzene ring substituents is 1. The number of ether oxygens (including phenoxy) is 5. The summed E-state index contributed by atoms with van der Waals surface area (Å²) in [6.45, 7) is 10.4. The Kier molecular flexibility index (Phi) is 9.67. The van der Waals surface area contributed by atoms with Crippen molar-refractivity contribution in [2.24, 2.45) is 0 Å². The van der Waals surface area contributed by atoms with Crippen molar-refractivity contribution < 1.29 is 42.2 Å². The van der Waals surface area contributed by atoms with Crippen LogP contribution < -0.4 is 14.8 Å². The number of non-ortho nitro benzene ring substituents is 1. The molecule has 0 aliphatic carbocycles. The van der Waals surface area contributed by atoms with E-state index in [1.165, 1.54) is 24.4 Å². The number of nitrogens with one attached hydrogen (secondary N) is 1.